The molecule has 0 N–H and O–H groups in total. The second kappa shape index (κ2) is 9.69. The standard InChI is InChI=1S/C44H26O2/c1-2-8-32-26-42-38(24-31(32)7-1)44-35(11-6-14-41(44)46-42)30-21-19-28(20-22-30)27-15-17-29(18-16-27)34-23-33-9-5-13-40-43(33)37(25-34)36-10-3-4-12-39(36)45-40/h1-26H. The third-order valence-corrected chi connectivity index (χ3v) is 9.45. The number of hydrogen-bond donors (Lipinski definition) is 0. The summed E-state index contributed by atoms with van der Waals surface area (Å²) in [5.74, 6) is 1.83. The highest BCUT2D eigenvalue weighted by atomic mass is 16.5. The second-order valence-corrected chi connectivity index (χ2v) is 12.1. The van der Waals surface area contributed by atoms with Crippen molar-refractivity contribution in [1.82, 2.24) is 0 Å². The average molecular weight is 587 g/mol. The molecule has 214 valence electrons. The number of benzene rings is 8. The van der Waals surface area contributed by atoms with Crippen molar-refractivity contribution in [2.24, 2.45) is 0 Å². The van der Waals surface area contributed by atoms with Gasteiger partial charge in [0.25, 0.3) is 0 Å². The van der Waals surface area contributed by atoms with E-state index in [0.717, 1.165) is 39.0 Å². The van der Waals surface area contributed by atoms with Gasteiger partial charge in [0, 0.05) is 21.7 Å². The lowest BCUT2D eigenvalue weighted by atomic mass is 9.90. The van der Waals surface area contributed by atoms with Crippen LogP contribution in [0.4, 0.5) is 0 Å². The van der Waals surface area contributed by atoms with Gasteiger partial charge in [-0.1, -0.05) is 115 Å². The molecule has 1 aliphatic rings. The summed E-state index contributed by atoms with van der Waals surface area (Å²) in [6, 6.07) is 56.2. The molecular weight excluding hydrogens is 560 g/mol. The average Bonchev–Trinajstić information content (AvgIpc) is 3.48. The van der Waals surface area contributed by atoms with Gasteiger partial charge in [0.15, 0.2) is 0 Å². The minimum absolute atomic E-state index is 0.907. The van der Waals surface area contributed by atoms with E-state index in [1.807, 2.05) is 12.1 Å². The summed E-state index contributed by atoms with van der Waals surface area (Å²) in [4.78, 5) is 0. The fourth-order valence-corrected chi connectivity index (χ4v) is 7.20. The third kappa shape index (κ3) is 3.84. The summed E-state index contributed by atoms with van der Waals surface area (Å²) in [5, 5.41) is 7.09. The van der Waals surface area contributed by atoms with Crippen LogP contribution in [0.15, 0.2) is 162 Å². The Labute approximate surface area is 265 Å². The molecule has 46 heavy (non-hydrogen) atoms. The Kier molecular flexibility index (Phi) is 5.31. The Morgan fingerprint density at radius 2 is 0.935 bits per heavy atom. The van der Waals surface area contributed by atoms with Crippen molar-refractivity contribution in [2.75, 3.05) is 0 Å². The summed E-state index contributed by atoms with van der Waals surface area (Å²) in [7, 11) is 0. The van der Waals surface area contributed by atoms with Crippen molar-refractivity contribution in [3.8, 4) is 56.0 Å². The zero-order valence-corrected chi connectivity index (χ0v) is 24.8. The minimum Gasteiger partial charge on any atom is -0.456 e. The molecule has 1 aromatic heterocycles. The Morgan fingerprint density at radius 3 is 1.74 bits per heavy atom. The van der Waals surface area contributed by atoms with Gasteiger partial charge in [0.1, 0.15) is 22.7 Å². The highest BCUT2D eigenvalue weighted by molar-refractivity contribution is 6.15. The van der Waals surface area contributed by atoms with E-state index in [1.165, 1.54) is 60.5 Å². The van der Waals surface area contributed by atoms with Gasteiger partial charge in [0.05, 0.1) is 0 Å². The lowest BCUT2D eigenvalue weighted by molar-refractivity contribution is 0.487. The monoisotopic (exact) mass is 586 g/mol. The van der Waals surface area contributed by atoms with E-state index in [1.54, 1.807) is 0 Å². The molecule has 10 rings (SSSR count). The fourth-order valence-electron chi connectivity index (χ4n) is 7.20. The van der Waals surface area contributed by atoms with Crippen LogP contribution in [0.2, 0.25) is 0 Å². The minimum atomic E-state index is 0.907. The van der Waals surface area contributed by atoms with E-state index in [4.69, 9.17) is 9.15 Å². The van der Waals surface area contributed by atoms with Gasteiger partial charge in [-0.05, 0) is 97.6 Å². The molecule has 9 aromatic rings. The maximum absolute atomic E-state index is 6.32. The van der Waals surface area contributed by atoms with Crippen molar-refractivity contribution in [2.45, 2.75) is 0 Å². The first kappa shape index (κ1) is 25.2. The van der Waals surface area contributed by atoms with E-state index in [9.17, 15) is 0 Å². The smallest absolute Gasteiger partial charge is 0.136 e. The molecule has 0 fully saturated rings. The van der Waals surface area contributed by atoms with E-state index >= 15 is 0 Å². The lowest BCUT2D eigenvalue weighted by Gasteiger charge is -2.22. The van der Waals surface area contributed by atoms with Crippen LogP contribution in [0.5, 0.6) is 11.5 Å². The van der Waals surface area contributed by atoms with Crippen molar-refractivity contribution in [3.63, 3.8) is 0 Å². The Hall–Kier alpha value is -6.12. The topological polar surface area (TPSA) is 22.4 Å². The Morgan fingerprint density at radius 1 is 0.326 bits per heavy atom. The van der Waals surface area contributed by atoms with Crippen LogP contribution in [-0.4, -0.2) is 0 Å². The van der Waals surface area contributed by atoms with Gasteiger partial charge in [-0.2, -0.15) is 0 Å². The molecule has 0 saturated heterocycles. The lowest BCUT2D eigenvalue weighted by Crippen LogP contribution is -1.97. The number of furan rings is 1. The summed E-state index contributed by atoms with van der Waals surface area (Å²) in [6.45, 7) is 0. The molecule has 0 radical (unpaired) electrons. The third-order valence-electron chi connectivity index (χ3n) is 9.45. The van der Waals surface area contributed by atoms with Gasteiger partial charge >= 0.3 is 0 Å². The van der Waals surface area contributed by atoms with E-state index in [0.29, 0.717) is 0 Å². The van der Waals surface area contributed by atoms with Crippen LogP contribution < -0.4 is 4.74 Å². The zero-order valence-electron chi connectivity index (χ0n) is 24.8. The molecule has 2 nitrogen and oxygen atoms in total. The van der Waals surface area contributed by atoms with Crippen LogP contribution in [-0.2, 0) is 0 Å². The first-order valence-electron chi connectivity index (χ1n) is 15.7. The molecule has 0 unspecified atom stereocenters. The SMILES string of the molecule is c1ccc2c(c1)Oc1cccc3cc(-c4ccc(-c5ccc(-c6cccc7oc8cc9ccccc9cc8c67)cc5)cc4)cc-2c13. The van der Waals surface area contributed by atoms with Crippen molar-refractivity contribution in [1.29, 1.82) is 0 Å². The quantitative estimate of drug-likeness (QED) is 0.205. The van der Waals surface area contributed by atoms with Crippen LogP contribution in [0.25, 0.3) is 88.0 Å². The first-order valence-corrected chi connectivity index (χ1v) is 15.7. The van der Waals surface area contributed by atoms with Crippen LogP contribution >= 0.6 is 0 Å². The largest absolute Gasteiger partial charge is 0.456 e. The van der Waals surface area contributed by atoms with Crippen LogP contribution in [0.3, 0.4) is 0 Å². The Bertz CT molecular complexity index is 2640. The molecule has 0 aliphatic carbocycles. The first-order chi connectivity index (χ1) is 22.8. The summed E-state index contributed by atoms with van der Waals surface area (Å²) >= 11 is 0. The number of fused-ring (bicyclic) bond motifs is 6. The molecule has 2 heterocycles. The zero-order chi connectivity index (χ0) is 30.2. The Balaban J connectivity index is 1.01. The molecule has 0 saturated carbocycles. The molecule has 0 amide bonds. The van der Waals surface area contributed by atoms with Crippen LogP contribution in [0, 0.1) is 0 Å². The van der Waals surface area contributed by atoms with Gasteiger partial charge in [-0.15, -0.1) is 0 Å². The second-order valence-electron chi connectivity index (χ2n) is 12.1. The normalized spacial score (nSPS) is 12.1. The fraction of sp³-hybridized carbons (Fsp3) is 0. The van der Waals surface area contributed by atoms with Crippen molar-refractivity contribution < 1.29 is 9.15 Å². The number of rotatable bonds is 3. The predicted molar refractivity (Wildman–Crippen MR) is 191 cm³/mol. The predicted octanol–water partition coefficient (Wildman–Crippen LogP) is 12.7. The van der Waals surface area contributed by atoms with Gasteiger partial charge in [-0.25, -0.2) is 0 Å². The van der Waals surface area contributed by atoms with Crippen molar-refractivity contribution in [3.05, 3.63) is 158 Å². The highest BCUT2D eigenvalue weighted by Gasteiger charge is 2.20. The van der Waals surface area contributed by atoms with Crippen molar-refractivity contribution >= 4 is 43.5 Å². The molecule has 0 atom stereocenters. The molecular formula is C44H26O2. The summed E-state index contributed by atoms with van der Waals surface area (Å²) in [5.41, 5.74) is 11.3. The molecule has 1 aliphatic heterocycles. The number of para-hydroxylation sites is 1. The number of ether oxygens (including phenoxy) is 1. The van der Waals surface area contributed by atoms with Gasteiger partial charge in [-0.3, -0.25) is 0 Å². The summed E-state index contributed by atoms with van der Waals surface area (Å²) < 4.78 is 12.6. The van der Waals surface area contributed by atoms with E-state index in [-0.39, 0.29) is 0 Å². The number of hydrogen-bond acceptors (Lipinski definition) is 2. The van der Waals surface area contributed by atoms with Gasteiger partial charge in [0.2, 0.25) is 0 Å². The molecule has 0 spiro atoms. The maximum Gasteiger partial charge on any atom is 0.136 e. The van der Waals surface area contributed by atoms with Gasteiger partial charge < -0.3 is 9.15 Å². The van der Waals surface area contributed by atoms with Crippen LogP contribution in [0.1, 0.15) is 0 Å². The van der Waals surface area contributed by atoms with E-state index in [2.05, 4.69) is 146 Å². The maximum atomic E-state index is 6.32. The molecule has 8 aromatic carbocycles. The highest BCUT2D eigenvalue weighted by Crippen LogP contribution is 2.48. The van der Waals surface area contributed by atoms with E-state index < -0.39 is 0 Å². The molecule has 2 heteroatoms. The summed E-state index contributed by atoms with van der Waals surface area (Å²) in [6.07, 6.45) is 0. The molecule has 0 bridgehead atoms.